The molecule has 2 aliphatic heterocycles. The maximum absolute atomic E-state index is 12.6. The van der Waals surface area contributed by atoms with Crippen LogP contribution in [0, 0.1) is 0 Å². The fourth-order valence-corrected chi connectivity index (χ4v) is 5.17. The lowest BCUT2D eigenvalue weighted by Gasteiger charge is -2.33. The molecule has 2 saturated heterocycles. The third kappa shape index (κ3) is 4.37. The highest BCUT2D eigenvalue weighted by molar-refractivity contribution is 7.89. The number of pyridine rings is 1. The van der Waals surface area contributed by atoms with E-state index in [1.54, 1.807) is 22.6 Å². The third-order valence-corrected chi connectivity index (χ3v) is 6.82. The quantitative estimate of drug-likeness (QED) is 0.793. The van der Waals surface area contributed by atoms with E-state index < -0.39 is 15.6 Å². The summed E-state index contributed by atoms with van der Waals surface area (Å²) in [6, 6.07) is 3.46. The molecule has 1 aromatic heterocycles. The van der Waals surface area contributed by atoms with Gasteiger partial charge in [0.1, 0.15) is 6.10 Å². The molecule has 0 aliphatic carbocycles. The van der Waals surface area contributed by atoms with E-state index in [1.165, 1.54) is 0 Å². The van der Waals surface area contributed by atoms with Crippen LogP contribution in [-0.4, -0.2) is 61.4 Å². The molecule has 3 rings (SSSR count). The lowest BCUT2D eigenvalue weighted by Crippen LogP contribution is -2.51. The predicted octanol–water partition coefficient (Wildman–Crippen LogP) is 0.817. The molecule has 1 atom stereocenters. The Balaban J connectivity index is 1.53. The van der Waals surface area contributed by atoms with Crippen LogP contribution in [0.15, 0.2) is 18.3 Å². The van der Waals surface area contributed by atoms with E-state index in [0.29, 0.717) is 50.0 Å². The summed E-state index contributed by atoms with van der Waals surface area (Å²) < 4.78 is 32.7. The van der Waals surface area contributed by atoms with Gasteiger partial charge in [0.05, 0.1) is 10.8 Å². The van der Waals surface area contributed by atoms with Crippen LogP contribution in [0.25, 0.3) is 0 Å². The average molecular weight is 375 g/mol. The second-order valence-electron chi connectivity index (χ2n) is 6.63. The lowest BCUT2D eigenvalue weighted by atomic mass is 10.1. The molecule has 0 aromatic carbocycles. The van der Waals surface area contributed by atoms with Crippen molar-refractivity contribution < 1.29 is 13.2 Å². The van der Waals surface area contributed by atoms with E-state index in [0.717, 1.165) is 0 Å². The van der Waals surface area contributed by atoms with Crippen molar-refractivity contribution >= 4 is 21.6 Å². The largest absolute Gasteiger partial charge is 0.474 e. The number of nitrogens with zero attached hydrogens (tertiary/aromatic N) is 2. The highest BCUT2D eigenvalue weighted by Gasteiger charge is 2.37. The zero-order chi connectivity index (χ0) is 17.2. The Morgan fingerprint density at radius 3 is 2.75 bits per heavy atom. The Labute approximate surface area is 147 Å². The lowest BCUT2D eigenvalue weighted by molar-refractivity contribution is 0.129. The number of sulfonamides is 1. The Morgan fingerprint density at radius 1 is 1.42 bits per heavy atom. The zero-order valence-corrected chi connectivity index (χ0v) is 15.2. The van der Waals surface area contributed by atoms with Gasteiger partial charge in [-0.25, -0.2) is 17.7 Å². The number of piperidine rings is 1. The van der Waals surface area contributed by atoms with Crippen LogP contribution < -0.4 is 15.4 Å². The van der Waals surface area contributed by atoms with Crippen LogP contribution in [0.3, 0.4) is 0 Å². The van der Waals surface area contributed by atoms with Gasteiger partial charge in [-0.1, -0.05) is 11.6 Å². The molecule has 2 N–H and O–H groups in total. The summed E-state index contributed by atoms with van der Waals surface area (Å²) in [4.78, 5) is 4.12. The molecule has 2 fully saturated rings. The van der Waals surface area contributed by atoms with Crippen LogP contribution in [0.5, 0.6) is 5.88 Å². The average Bonchev–Trinajstić information content (AvgIpc) is 2.95. The molecule has 9 heteroatoms. The minimum absolute atomic E-state index is 0.0213. The second-order valence-corrected chi connectivity index (χ2v) is 9.03. The highest BCUT2D eigenvalue weighted by atomic mass is 35.5. The van der Waals surface area contributed by atoms with Gasteiger partial charge in [0.2, 0.25) is 15.9 Å². The molecule has 0 radical (unpaired) electrons. The van der Waals surface area contributed by atoms with Gasteiger partial charge >= 0.3 is 0 Å². The number of halogens is 1. The predicted molar refractivity (Wildman–Crippen MR) is 92.7 cm³/mol. The highest BCUT2D eigenvalue weighted by Crippen LogP contribution is 2.22. The van der Waals surface area contributed by atoms with Crippen molar-refractivity contribution in [2.75, 3.05) is 32.1 Å². The molecule has 3 heterocycles. The van der Waals surface area contributed by atoms with Crippen molar-refractivity contribution in [2.45, 2.75) is 31.4 Å². The van der Waals surface area contributed by atoms with Gasteiger partial charge in [0.15, 0.2) is 0 Å². The summed E-state index contributed by atoms with van der Waals surface area (Å²) in [6.45, 7) is 4.20. The van der Waals surface area contributed by atoms with Crippen molar-refractivity contribution in [1.82, 2.24) is 19.9 Å². The van der Waals surface area contributed by atoms with Crippen molar-refractivity contribution in [2.24, 2.45) is 0 Å². The fraction of sp³-hybridized carbons (Fsp3) is 0.667. The van der Waals surface area contributed by atoms with E-state index >= 15 is 0 Å². The number of aromatic nitrogens is 1. The van der Waals surface area contributed by atoms with E-state index in [1.807, 2.05) is 6.92 Å². The number of rotatable bonds is 5. The van der Waals surface area contributed by atoms with Crippen LogP contribution in [-0.2, 0) is 10.0 Å². The molecule has 134 valence electrons. The first-order valence-corrected chi connectivity index (χ1v) is 10.1. The van der Waals surface area contributed by atoms with Gasteiger partial charge < -0.3 is 10.1 Å². The number of ether oxygens (including phenoxy) is 1. The summed E-state index contributed by atoms with van der Waals surface area (Å²) in [5.41, 5.74) is -0.403. The summed E-state index contributed by atoms with van der Waals surface area (Å²) in [5.74, 6) is 0.631. The van der Waals surface area contributed by atoms with E-state index in [9.17, 15) is 8.42 Å². The topological polar surface area (TPSA) is 83.6 Å². The summed E-state index contributed by atoms with van der Waals surface area (Å²) >= 11 is 5.80. The molecular weight excluding hydrogens is 352 g/mol. The van der Waals surface area contributed by atoms with Crippen LogP contribution in [0.2, 0.25) is 5.02 Å². The second kappa shape index (κ2) is 7.13. The molecule has 7 nitrogen and oxygen atoms in total. The van der Waals surface area contributed by atoms with Gasteiger partial charge in [0.25, 0.3) is 0 Å². The third-order valence-electron chi connectivity index (χ3n) is 4.44. The number of nitrogens with one attached hydrogen (secondary N) is 2. The first kappa shape index (κ1) is 17.9. The van der Waals surface area contributed by atoms with E-state index in [4.69, 9.17) is 16.3 Å². The number of hydrogen-bond acceptors (Lipinski definition) is 6. The van der Waals surface area contributed by atoms with E-state index in [2.05, 4.69) is 15.6 Å². The van der Waals surface area contributed by atoms with Crippen molar-refractivity contribution in [3.8, 4) is 5.88 Å². The van der Waals surface area contributed by atoms with Gasteiger partial charge in [-0.15, -0.1) is 0 Å². The molecule has 24 heavy (non-hydrogen) atoms. The Kier molecular flexibility index (Phi) is 5.31. The molecule has 0 unspecified atom stereocenters. The van der Waals surface area contributed by atoms with Gasteiger partial charge in [0, 0.05) is 44.1 Å². The Hall–Kier alpha value is -0.930. The van der Waals surface area contributed by atoms with Crippen molar-refractivity contribution in [1.29, 1.82) is 0 Å². The van der Waals surface area contributed by atoms with Gasteiger partial charge in [-0.3, -0.25) is 5.32 Å². The SMILES string of the molecule is C[C@@]1(CS(=O)(=O)N2CCC(Oc3ccc(Cl)cn3)CC2)CNCN1. The van der Waals surface area contributed by atoms with Crippen LogP contribution in [0.4, 0.5) is 0 Å². The zero-order valence-electron chi connectivity index (χ0n) is 13.7. The first-order chi connectivity index (χ1) is 11.4. The minimum atomic E-state index is -3.28. The smallest absolute Gasteiger partial charge is 0.215 e. The van der Waals surface area contributed by atoms with E-state index in [-0.39, 0.29) is 11.9 Å². The summed E-state index contributed by atoms with van der Waals surface area (Å²) in [7, 11) is -3.28. The maximum atomic E-state index is 12.6. The monoisotopic (exact) mass is 374 g/mol. The molecule has 0 saturated carbocycles. The molecule has 0 spiro atoms. The van der Waals surface area contributed by atoms with Crippen molar-refractivity contribution in [3.05, 3.63) is 23.4 Å². The molecule has 1 aromatic rings. The fourth-order valence-electron chi connectivity index (χ4n) is 3.10. The van der Waals surface area contributed by atoms with Gasteiger partial charge in [-0.05, 0) is 25.8 Å². The molecule has 2 aliphatic rings. The molecule has 0 bridgehead atoms. The van der Waals surface area contributed by atoms with Gasteiger partial charge in [-0.2, -0.15) is 0 Å². The van der Waals surface area contributed by atoms with Crippen LogP contribution >= 0.6 is 11.6 Å². The molecule has 0 amide bonds. The summed E-state index contributed by atoms with van der Waals surface area (Å²) in [5, 5.41) is 6.92. The Morgan fingerprint density at radius 2 is 2.17 bits per heavy atom. The minimum Gasteiger partial charge on any atom is -0.474 e. The maximum Gasteiger partial charge on any atom is 0.215 e. The number of hydrogen-bond donors (Lipinski definition) is 2. The normalized spacial score (nSPS) is 26.6. The standard InChI is InChI=1S/C15H23ClN4O3S/c1-15(9-17-11-19-15)10-24(21,22)20-6-4-13(5-7-20)23-14-3-2-12(16)8-18-14/h2-3,8,13,17,19H,4-7,9-11H2,1H3/t15-/m0/s1. The molecular formula is C15H23ClN4O3S. The first-order valence-electron chi connectivity index (χ1n) is 8.08. The summed E-state index contributed by atoms with van der Waals surface area (Å²) in [6.07, 6.45) is 2.84. The van der Waals surface area contributed by atoms with Crippen molar-refractivity contribution in [3.63, 3.8) is 0 Å². The Bertz CT molecular complexity index is 654. The van der Waals surface area contributed by atoms with Crippen LogP contribution in [0.1, 0.15) is 19.8 Å².